The average Bonchev–Trinajstić information content (AvgIpc) is 2.48. The van der Waals surface area contributed by atoms with Crippen LogP contribution in [0.1, 0.15) is 10.4 Å². The number of ether oxygens (including phenoxy) is 2. The molecule has 0 bridgehead atoms. The Bertz CT molecular complexity index is 684. The second-order valence-electron chi connectivity index (χ2n) is 3.99. The Balaban J connectivity index is 2.19. The summed E-state index contributed by atoms with van der Waals surface area (Å²) in [6, 6.07) is 10.1. The number of benzene rings is 2. The second-order valence-corrected chi connectivity index (χ2v) is 4.40. The molecule has 0 saturated carbocycles. The van der Waals surface area contributed by atoms with Gasteiger partial charge in [-0.15, -0.1) is 0 Å². The van der Waals surface area contributed by atoms with Crippen LogP contribution in [0.4, 0.5) is 5.69 Å². The molecule has 7 heteroatoms. The molecule has 0 spiro atoms. The summed E-state index contributed by atoms with van der Waals surface area (Å²) in [5.41, 5.74) is -0.303. The molecule has 2 rings (SSSR count). The topological polar surface area (TPSA) is 78.7 Å². The maximum atomic E-state index is 11.9. The zero-order valence-electron chi connectivity index (χ0n) is 10.9. The van der Waals surface area contributed by atoms with E-state index in [-0.39, 0.29) is 16.3 Å². The third-order valence-electron chi connectivity index (χ3n) is 2.65. The Morgan fingerprint density at radius 3 is 2.33 bits per heavy atom. The van der Waals surface area contributed by atoms with Crippen molar-refractivity contribution in [3.63, 3.8) is 0 Å². The minimum absolute atomic E-state index is 0.0407. The molecular formula is C14H10ClNO5. The van der Waals surface area contributed by atoms with Gasteiger partial charge in [0.2, 0.25) is 0 Å². The van der Waals surface area contributed by atoms with Gasteiger partial charge >= 0.3 is 5.97 Å². The van der Waals surface area contributed by atoms with Gasteiger partial charge < -0.3 is 9.47 Å². The summed E-state index contributed by atoms with van der Waals surface area (Å²) in [4.78, 5) is 22.1. The van der Waals surface area contributed by atoms with E-state index < -0.39 is 10.9 Å². The highest BCUT2D eigenvalue weighted by Crippen LogP contribution is 2.26. The van der Waals surface area contributed by atoms with Crippen molar-refractivity contribution < 1.29 is 19.2 Å². The van der Waals surface area contributed by atoms with Gasteiger partial charge in [0.15, 0.2) is 0 Å². The normalized spacial score (nSPS) is 10.0. The lowest BCUT2D eigenvalue weighted by atomic mass is 10.2. The summed E-state index contributed by atoms with van der Waals surface area (Å²) in [7, 11) is 1.52. The third kappa shape index (κ3) is 3.49. The van der Waals surface area contributed by atoms with E-state index >= 15 is 0 Å². The SMILES string of the molecule is COc1ccc(OC(=O)c2ccc(Cl)c([N+](=O)[O-])c2)cc1. The fraction of sp³-hybridized carbons (Fsp3) is 0.0714. The summed E-state index contributed by atoms with van der Waals surface area (Å²) in [6.45, 7) is 0. The molecular weight excluding hydrogens is 298 g/mol. The predicted octanol–water partition coefficient (Wildman–Crippen LogP) is 3.48. The number of rotatable bonds is 4. The zero-order valence-corrected chi connectivity index (χ0v) is 11.7. The molecule has 0 unspecified atom stereocenters. The number of esters is 1. The van der Waals surface area contributed by atoms with Crippen LogP contribution in [-0.4, -0.2) is 18.0 Å². The number of nitrogens with zero attached hydrogens (tertiary/aromatic N) is 1. The lowest BCUT2D eigenvalue weighted by Gasteiger charge is -2.05. The summed E-state index contributed by atoms with van der Waals surface area (Å²) in [6.07, 6.45) is 0. The minimum atomic E-state index is -0.708. The molecule has 108 valence electrons. The van der Waals surface area contributed by atoms with Crippen LogP contribution in [0.3, 0.4) is 0 Å². The third-order valence-corrected chi connectivity index (χ3v) is 2.97. The number of halogens is 1. The molecule has 2 aromatic rings. The van der Waals surface area contributed by atoms with Gasteiger partial charge in [0.25, 0.3) is 5.69 Å². The van der Waals surface area contributed by atoms with Gasteiger partial charge in [-0.2, -0.15) is 0 Å². The Kier molecular flexibility index (Phi) is 4.39. The van der Waals surface area contributed by atoms with Crippen molar-refractivity contribution in [3.8, 4) is 11.5 Å². The smallest absolute Gasteiger partial charge is 0.343 e. The lowest BCUT2D eigenvalue weighted by Crippen LogP contribution is -2.09. The Hall–Kier alpha value is -2.60. The Morgan fingerprint density at radius 2 is 1.76 bits per heavy atom. The van der Waals surface area contributed by atoms with E-state index in [2.05, 4.69) is 0 Å². The first kappa shape index (κ1) is 14.8. The molecule has 0 atom stereocenters. The quantitative estimate of drug-likeness (QED) is 0.374. The molecule has 0 aliphatic heterocycles. The van der Waals surface area contributed by atoms with Gasteiger partial charge in [-0.1, -0.05) is 11.6 Å². The fourth-order valence-corrected chi connectivity index (χ4v) is 1.78. The van der Waals surface area contributed by atoms with E-state index in [9.17, 15) is 14.9 Å². The molecule has 0 amide bonds. The van der Waals surface area contributed by atoms with Crippen molar-refractivity contribution in [2.75, 3.05) is 7.11 Å². The standard InChI is InChI=1S/C14H10ClNO5/c1-20-10-3-5-11(6-4-10)21-14(17)9-2-7-12(15)13(8-9)16(18)19/h2-8H,1H3. The first-order valence-corrected chi connectivity index (χ1v) is 6.19. The molecule has 0 aromatic heterocycles. The summed E-state index contributed by atoms with van der Waals surface area (Å²) in [5.74, 6) is 0.218. The fourth-order valence-electron chi connectivity index (χ4n) is 1.59. The van der Waals surface area contributed by atoms with Gasteiger partial charge in [0.1, 0.15) is 16.5 Å². The first-order valence-electron chi connectivity index (χ1n) is 5.81. The van der Waals surface area contributed by atoms with Crippen molar-refractivity contribution in [1.82, 2.24) is 0 Å². The zero-order chi connectivity index (χ0) is 15.4. The van der Waals surface area contributed by atoms with Crippen molar-refractivity contribution in [3.05, 3.63) is 63.2 Å². The molecule has 0 radical (unpaired) electrons. The molecule has 6 nitrogen and oxygen atoms in total. The molecule has 0 fully saturated rings. The molecule has 0 aliphatic carbocycles. The van der Waals surface area contributed by atoms with Crippen molar-refractivity contribution in [2.24, 2.45) is 0 Å². The van der Waals surface area contributed by atoms with Crippen molar-refractivity contribution in [1.29, 1.82) is 0 Å². The van der Waals surface area contributed by atoms with E-state index in [1.807, 2.05) is 0 Å². The monoisotopic (exact) mass is 307 g/mol. The number of nitro benzene ring substituents is 1. The van der Waals surface area contributed by atoms with Crippen LogP contribution in [0.25, 0.3) is 0 Å². The summed E-state index contributed by atoms with van der Waals surface area (Å²) < 4.78 is 10.1. The van der Waals surface area contributed by atoms with Gasteiger partial charge in [0, 0.05) is 6.07 Å². The minimum Gasteiger partial charge on any atom is -0.497 e. The highest BCUT2D eigenvalue weighted by atomic mass is 35.5. The van der Waals surface area contributed by atoms with Crippen LogP contribution in [0, 0.1) is 10.1 Å². The van der Waals surface area contributed by atoms with Crippen LogP contribution >= 0.6 is 11.6 Å². The molecule has 0 aliphatic rings. The second kappa shape index (κ2) is 6.23. The molecule has 21 heavy (non-hydrogen) atoms. The van der Waals surface area contributed by atoms with Crippen LogP contribution in [-0.2, 0) is 0 Å². The largest absolute Gasteiger partial charge is 0.497 e. The van der Waals surface area contributed by atoms with Crippen LogP contribution in [0.15, 0.2) is 42.5 Å². The number of carbonyl (C=O) groups excluding carboxylic acids is 1. The van der Waals surface area contributed by atoms with Crippen LogP contribution < -0.4 is 9.47 Å². The van der Waals surface area contributed by atoms with E-state index in [0.29, 0.717) is 11.5 Å². The van der Waals surface area contributed by atoms with E-state index in [1.54, 1.807) is 24.3 Å². The van der Waals surface area contributed by atoms with E-state index in [0.717, 1.165) is 6.07 Å². The molecule has 0 N–H and O–H groups in total. The highest BCUT2D eigenvalue weighted by molar-refractivity contribution is 6.32. The van der Waals surface area contributed by atoms with E-state index in [1.165, 1.54) is 19.2 Å². The average molecular weight is 308 g/mol. The Morgan fingerprint density at radius 1 is 1.14 bits per heavy atom. The number of hydrogen-bond donors (Lipinski definition) is 0. The van der Waals surface area contributed by atoms with Gasteiger partial charge in [-0.3, -0.25) is 10.1 Å². The lowest BCUT2D eigenvalue weighted by molar-refractivity contribution is -0.384. The number of carbonyl (C=O) groups is 1. The maximum Gasteiger partial charge on any atom is 0.343 e. The molecule has 0 saturated heterocycles. The predicted molar refractivity (Wildman–Crippen MR) is 76.1 cm³/mol. The van der Waals surface area contributed by atoms with Crippen molar-refractivity contribution in [2.45, 2.75) is 0 Å². The van der Waals surface area contributed by atoms with Crippen LogP contribution in [0.5, 0.6) is 11.5 Å². The number of methoxy groups -OCH3 is 1. The number of nitro groups is 1. The first-order chi connectivity index (χ1) is 10.0. The van der Waals surface area contributed by atoms with Crippen LogP contribution in [0.2, 0.25) is 5.02 Å². The molecule has 2 aromatic carbocycles. The summed E-state index contributed by atoms with van der Waals surface area (Å²) >= 11 is 5.68. The number of hydrogen-bond acceptors (Lipinski definition) is 5. The van der Waals surface area contributed by atoms with E-state index in [4.69, 9.17) is 21.1 Å². The Labute approximate surface area is 125 Å². The molecule has 0 heterocycles. The van der Waals surface area contributed by atoms with Gasteiger partial charge in [-0.25, -0.2) is 4.79 Å². The maximum absolute atomic E-state index is 11.9. The van der Waals surface area contributed by atoms with Crippen molar-refractivity contribution >= 4 is 23.3 Å². The van der Waals surface area contributed by atoms with Gasteiger partial charge in [0.05, 0.1) is 17.6 Å². The van der Waals surface area contributed by atoms with Gasteiger partial charge in [-0.05, 0) is 36.4 Å². The summed E-state index contributed by atoms with van der Waals surface area (Å²) in [5, 5.41) is 10.7. The highest BCUT2D eigenvalue weighted by Gasteiger charge is 2.17.